The number of piperidine rings is 2. The Morgan fingerprint density at radius 2 is 1.72 bits per heavy atom. The highest BCUT2D eigenvalue weighted by Crippen LogP contribution is 2.32. The normalized spacial score (nSPS) is 25.4. The van der Waals surface area contributed by atoms with Crippen LogP contribution in [0.5, 0.6) is 5.88 Å². The lowest BCUT2D eigenvalue weighted by Gasteiger charge is -2.40. The van der Waals surface area contributed by atoms with Crippen molar-refractivity contribution in [1.29, 1.82) is 0 Å². The minimum atomic E-state index is -0.462. The Hall–Kier alpha value is -2.06. The number of carbonyl (C=O) groups excluding carboxylic acids is 1. The van der Waals surface area contributed by atoms with E-state index < -0.39 is 5.60 Å². The van der Waals surface area contributed by atoms with Gasteiger partial charge in [-0.25, -0.2) is 9.78 Å². The van der Waals surface area contributed by atoms with Crippen molar-refractivity contribution in [2.75, 3.05) is 31.1 Å². The highest BCUT2D eigenvalue weighted by molar-refractivity contribution is 5.68. The van der Waals surface area contributed by atoms with Crippen LogP contribution in [0.15, 0.2) is 18.3 Å². The molecule has 1 saturated carbocycles. The molecule has 3 aliphatic rings. The van der Waals surface area contributed by atoms with Gasteiger partial charge in [0.15, 0.2) is 0 Å². The number of rotatable bonds is 5. The van der Waals surface area contributed by atoms with Gasteiger partial charge in [0.1, 0.15) is 11.7 Å². The van der Waals surface area contributed by atoms with Crippen LogP contribution in [-0.4, -0.2) is 77.3 Å². The number of pyridine rings is 1. The summed E-state index contributed by atoms with van der Waals surface area (Å²) in [5.41, 5.74) is 0.640. The van der Waals surface area contributed by atoms with Gasteiger partial charge in [0.05, 0.1) is 18.3 Å². The van der Waals surface area contributed by atoms with Gasteiger partial charge in [-0.2, -0.15) is 0 Å². The van der Waals surface area contributed by atoms with E-state index >= 15 is 0 Å². The molecule has 0 aromatic carbocycles. The van der Waals surface area contributed by atoms with Gasteiger partial charge in [-0.15, -0.1) is 0 Å². The maximum Gasteiger partial charge on any atom is 0.410 e. The Morgan fingerprint density at radius 1 is 1.03 bits per heavy atom. The molecule has 0 bridgehead atoms. The van der Waals surface area contributed by atoms with Gasteiger partial charge in [-0.1, -0.05) is 0 Å². The first-order valence-corrected chi connectivity index (χ1v) is 11.9. The number of likely N-dealkylation sites (tertiary alicyclic amines) is 1. The number of carbonyl (C=O) groups is 1. The van der Waals surface area contributed by atoms with E-state index in [0.717, 1.165) is 57.3 Å². The first kappa shape index (κ1) is 23.1. The predicted octanol–water partition coefficient (Wildman–Crippen LogP) is 3.37. The minimum absolute atomic E-state index is 0.132. The Morgan fingerprint density at radius 3 is 2.38 bits per heavy atom. The molecule has 4 rings (SSSR count). The van der Waals surface area contributed by atoms with E-state index in [2.05, 4.69) is 9.88 Å². The monoisotopic (exact) mass is 447 g/mol. The molecular weight excluding hydrogens is 410 g/mol. The molecule has 0 atom stereocenters. The number of ether oxygens (including phenoxy) is 3. The number of hydrogen-bond donors (Lipinski definition) is 1. The zero-order valence-electron chi connectivity index (χ0n) is 19.5. The second kappa shape index (κ2) is 9.83. The van der Waals surface area contributed by atoms with Crippen molar-refractivity contribution < 1.29 is 24.1 Å². The second-order valence-electron chi connectivity index (χ2n) is 10.2. The first-order chi connectivity index (χ1) is 15.2. The van der Waals surface area contributed by atoms with E-state index in [4.69, 9.17) is 14.2 Å². The van der Waals surface area contributed by atoms with E-state index in [9.17, 15) is 9.90 Å². The van der Waals surface area contributed by atoms with Gasteiger partial charge in [0, 0.05) is 57.0 Å². The number of nitrogens with zero attached hydrogens (tertiary/aromatic N) is 3. The summed E-state index contributed by atoms with van der Waals surface area (Å²) in [5, 5.41) is 9.71. The van der Waals surface area contributed by atoms with Gasteiger partial charge >= 0.3 is 6.09 Å². The summed E-state index contributed by atoms with van der Waals surface area (Å²) in [6.45, 7) is 8.74. The third-order valence-electron chi connectivity index (χ3n) is 6.37. The quantitative estimate of drug-likeness (QED) is 0.741. The third-order valence-corrected chi connectivity index (χ3v) is 6.37. The number of aliphatic hydroxyl groups is 1. The highest BCUT2D eigenvalue weighted by atomic mass is 16.6. The van der Waals surface area contributed by atoms with Crippen LogP contribution < -0.4 is 9.64 Å². The molecule has 2 aliphatic heterocycles. The number of aromatic nitrogens is 1. The Kier molecular flexibility index (Phi) is 7.10. The Balaban J connectivity index is 1.16. The molecule has 8 heteroatoms. The molecule has 1 amide bonds. The van der Waals surface area contributed by atoms with Crippen molar-refractivity contribution in [3.05, 3.63) is 18.3 Å². The molecule has 8 nitrogen and oxygen atoms in total. The largest absolute Gasteiger partial charge is 0.474 e. The van der Waals surface area contributed by atoms with Crippen molar-refractivity contribution >= 4 is 11.8 Å². The van der Waals surface area contributed by atoms with Crippen molar-refractivity contribution in [1.82, 2.24) is 9.88 Å². The summed E-state index contributed by atoms with van der Waals surface area (Å²) in [5.74, 6) is 0.655. The lowest BCUT2D eigenvalue weighted by Crippen LogP contribution is -2.46. The fourth-order valence-electron chi connectivity index (χ4n) is 4.45. The van der Waals surface area contributed by atoms with Crippen LogP contribution in [-0.2, 0) is 9.47 Å². The molecule has 32 heavy (non-hydrogen) atoms. The fourth-order valence-corrected chi connectivity index (χ4v) is 4.45. The SMILES string of the molecule is CC(C)(C)OC(=O)N1CCC(OC2CC(Oc3cc(N4CCC(O)CC4)ccn3)C2)CC1. The van der Waals surface area contributed by atoms with Gasteiger partial charge < -0.3 is 29.1 Å². The number of aliphatic hydroxyl groups excluding tert-OH is 1. The van der Waals surface area contributed by atoms with E-state index in [1.807, 2.05) is 32.9 Å². The lowest BCUT2D eigenvalue weighted by molar-refractivity contribution is -0.110. The predicted molar refractivity (Wildman–Crippen MR) is 121 cm³/mol. The smallest absolute Gasteiger partial charge is 0.410 e. The lowest BCUT2D eigenvalue weighted by atomic mass is 9.91. The van der Waals surface area contributed by atoms with Crippen molar-refractivity contribution in [3.8, 4) is 5.88 Å². The maximum atomic E-state index is 12.2. The van der Waals surface area contributed by atoms with E-state index in [1.54, 1.807) is 11.1 Å². The summed E-state index contributed by atoms with van der Waals surface area (Å²) in [6.07, 6.45) is 6.94. The number of amides is 1. The number of hydrogen-bond acceptors (Lipinski definition) is 7. The second-order valence-corrected chi connectivity index (χ2v) is 10.2. The minimum Gasteiger partial charge on any atom is -0.474 e. The zero-order chi connectivity index (χ0) is 22.7. The average Bonchev–Trinajstić information content (AvgIpc) is 2.72. The van der Waals surface area contributed by atoms with Crippen molar-refractivity contribution in [3.63, 3.8) is 0 Å². The first-order valence-electron chi connectivity index (χ1n) is 11.9. The molecule has 0 unspecified atom stereocenters. The summed E-state index contributed by atoms with van der Waals surface area (Å²) < 4.78 is 17.8. The van der Waals surface area contributed by atoms with Crippen molar-refractivity contribution in [2.24, 2.45) is 0 Å². The molecule has 3 fully saturated rings. The van der Waals surface area contributed by atoms with Crippen molar-refractivity contribution in [2.45, 2.75) is 89.3 Å². The standard InChI is InChI=1S/C24H37N3O5/c1-24(2,3)32-23(29)27-12-7-19(8-13-27)30-20-15-21(16-20)31-22-14-17(4-9-25-22)26-10-5-18(28)6-11-26/h4,9,14,18-21,28H,5-8,10-13,15-16H2,1-3H3. The molecule has 1 N–H and O–H groups in total. The number of anilines is 1. The molecule has 2 saturated heterocycles. The van der Waals surface area contributed by atoms with Gasteiger partial charge in [-0.05, 0) is 52.5 Å². The average molecular weight is 448 g/mol. The molecule has 1 aliphatic carbocycles. The molecule has 1 aromatic heterocycles. The van der Waals surface area contributed by atoms with Crippen LogP contribution in [0.3, 0.4) is 0 Å². The summed E-state index contributed by atoms with van der Waals surface area (Å²) in [4.78, 5) is 20.6. The molecule has 1 aromatic rings. The molecule has 0 spiro atoms. The van der Waals surface area contributed by atoms with Crippen LogP contribution >= 0.6 is 0 Å². The van der Waals surface area contributed by atoms with Crippen LogP contribution in [0, 0.1) is 0 Å². The van der Waals surface area contributed by atoms with E-state index in [1.165, 1.54) is 0 Å². The van der Waals surface area contributed by atoms with Gasteiger partial charge in [0.25, 0.3) is 0 Å². The summed E-state index contributed by atoms with van der Waals surface area (Å²) in [7, 11) is 0. The van der Waals surface area contributed by atoms with Crippen LogP contribution in [0.1, 0.15) is 59.3 Å². The van der Waals surface area contributed by atoms with E-state index in [-0.39, 0.29) is 30.5 Å². The van der Waals surface area contributed by atoms with Crippen LogP contribution in [0.25, 0.3) is 0 Å². The maximum absolute atomic E-state index is 12.2. The van der Waals surface area contributed by atoms with Gasteiger partial charge in [-0.3, -0.25) is 0 Å². The van der Waals surface area contributed by atoms with E-state index in [0.29, 0.717) is 19.0 Å². The molecule has 178 valence electrons. The zero-order valence-corrected chi connectivity index (χ0v) is 19.5. The summed E-state index contributed by atoms with van der Waals surface area (Å²) in [6, 6.07) is 4.00. The van der Waals surface area contributed by atoms with Crippen LogP contribution in [0.2, 0.25) is 0 Å². The summed E-state index contributed by atoms with van der Waals surface area (Å²) >= 11 is 0. The topological polar surface area (TPSA) is 84.4 Å². The fraction of sp³-hybridized carbons (Fsp3) is 0.750. The van der Waals surface area contributed by atoms with Gasteiger partial charge in [0.2, 0.25) is 5.88 Å². The molecule has 0 radical (unpaired) electrons. The third kappa shape index (κ3) is 6.25. The Labute approximate surface area is 190 Å². The highest BCUT2D eigenvalue weighted by Gasteiger charge is 2.35. The molecular formula is C24H37N3O5. The van der Waals surface area contributed by atoms with Crippen LogP contribution in [0.4, 0.5) is 10.5 Å². The molecule has 3 heterocycles. The Bertz CT molecular complexity index is 761.